The molecule has 0 radical (unpaired) electrons. The Labute approximate surface area is 158 Å². The molecule has 1 heterocycles. The number of hydrogen-bond donors (Lipinski definition) is 1. The van der Waals surface area contributed by atoms with Gasteiger partial charge in [0.2, 0.25) is 0 Å². The molecule has 0 aliphatic carbocycles. The maximum absolute atomic E-state index is 12.1. The van der Waals surface area contributed by atoms with E-state index >= 15 is 0 Å². The number of aromatic nitrogens is 2. The van der Waals surface area contributed by atoms with E-state index in [0.29, 0.717) is 18.3 Å². The van der Waals surface area contributed by atoms with Crippen molar-refractivity contribution in [2.24, 2.45) is 4.99 Å². The molecule has 0 saturated carbocycles. The van der Waals surface area contributed by atoms with E-state index in [0.717, 1.165) is 29.7 Å². The van der Waals surface area contributed by atoms with Crippen LogP contribution in [0.15, 0.2) is 40.1 Å². The molecular formula is C19H23N5OS. The first-order valence-corrected chi connectivity index (χ1v) is 9.67. The number of thioether (sulfide) groups is 1. The van der Waals surface area contributed by atoms with E-state index in [1.807, 2.05) is 18.5 Å². The van der Waals surface area contributed by atoms with Crippen LogP contribution in [0.2, 0.25) is 0 Å². The highest BCUT2D eigenvalue weighted by Gasteiger charge is 2.06. The molecular weight excluding hydrogens is 346 g/mol. The van der Waals surface area contributed by atoms with E-state index in [1.54, 1.807) is 12.1 Å². The largest absolute Gasteiger partial charge is 0.272 e. The monoisotopic (exact) mass is 369 g/mol. The Morgan fingerprint density at radius 1 is 1.31 bits per heavy atom. The molecule has 0 aliphatic heterocycles. The number of aryl methyl sites for hydroxylation is 3. The number of benzene rings is 1. The van der Waals surface area contributed by atoms with Crippen molar-refractivity contribution in [1.29, 1.82) is 5.26 Å². The third-order valence-electron chi connectivity index (χ3n) is 3.91. The average Bonchev–Trinajstić information content (AvgIpc) is 2.62. The SMILES string of the molecule is CSC(=NCCCCn1nc(-c2ccc(C)cc2C)ccc1=O)NC#N. The van der Waals surface area contributed by atoms with Crippen LogP contribution in [0, 0.1) is 25.3 Å². The highest BCUT2D eigenvalue weighted by molar-refractivity contribution is 8.13. The summed E-state index contributed by atoms with van der Waals surface area (Å²) in [5.74, 6) is 0. The molecule has 1 aromatic carbocycles. The molecule has 6 nitrogen and oxygen atoms in total. The average molecular weight is 369 g/mol. The molecule has 0 aliphatic rings. The van der Waals surface area contributed by atoms with Crippen molar-refractivity contribution in [1.82, 2.24) is 15.1 Å². The normalized spacial score (nSPS) is 11.2. The van der Waals surface area contributed by atoms with Gasteiger partial charge in [-0.2, -0.15) is 10.4 Å². The van der Waals surface area contributed by atoms with E-state index in [-0.39, 0.29) is 5.56 Å². The zero-order chi connectivity index (χ0) is 18.9. The zero-order valence-electron chi connectivity index (χ0n) is 15.3. The van der Waals surface area contributed by atoms with Gasteiger partial charge in [0.1, 0.15) is 0 Å². The van der Waals surface area contributed by atoms with Crippen molar-refractivity contribution in [3.63, 3.8) is 0 Å². The molecule has 0 spiro atoms. The molecule has 2 aromatic rings. The van der Waals surface area contributed by atoms with Crippen LogP contribution in [0.5, 0.6) is 0 Å². The molecule has 136 valence electrons. The minimum atomic E-state index is -0.0991. The van der Waals surface area contributed by atoms with Crippen LogP contribution in [-0.4, -0.2) is 27.7 Å². The Morgan fingerprint density at radius 3 is 2.81 bits per heavy atom. The first-order valence-electron chi connectivity index (χ1n) is 8.44. The second-order valence-electron chi connectivity index (χ2n) is 5.93. The fourth-order valence-electron chi connectivity index (χ4n) is 2.61. The van der Waals surface area contributed by atoms with E-state index in [1.165, 1.54) is 22.0 Å². The van der Waals surface area contributed by atoms with Gasteiger partial charge in [-0.15, -0.1) is 0 Å². The van der Waals surface area contributed by atoms with Crippen molar-refractivity contribution in [2.45, 2.75) is 33.2 Å². The van der Waals surface area contributed by atoms with Crippen molar-refractivity contribution >= 4 is 16.9 Å². The van der Waals surface area contributed by atoms with E-state index in [2.05, 4.69) is 41.4 Å². The van der Waals surface area contributed by atoms with Gasteiger partial charge in [-0.3, -0.25) is 15.1 Å². The molecule has 2 rings (SSSR count). The summed E-state index contributed by atoms with van der Waals surface area (Å²) < 4.78 is 1.52. The maximum Gasteiger partial charge on any atom is 0.266 e. The van der Waals surface area contributed by atoms with Crippen LogP contribution in [0.3, 0.4) is 0 Å². The van der Waals surface area contributed by atoms with Crippen molar-refractivity contribution < 1.29 is 0 Å². The van der Waals surface area contributed by atoms with Crippen LogP contribution in [0.1, 0.15) is 24.0 Å². The Kier molecular flexibility index (Phi) is 7.42. The lowest BCUT2D eigenvalue weighted by Crippen LogP contribution is -2.22. The van der Waals surface area contributed by atoms with Crippen LogP contribution < -0.4 is 10.9 Å². The third kappa shape index (κ3) is 5.46. The third-order valence-corrected chi connectivity index (χ3v) is 4.53. The van der Waals surface area contributed by atoms with Crippen molar-refractivity contribution in [3.8, 4) is 17.5 Å². The quantitative estimate of drug-likeness (QED) is 0.278. The summed E-state index contributed by atoms with van der Waals surface area (Å²) in [4.78, 5) is 16.4. The summed E-state index contributed by atoms with van der Waals surface area (Å²) >= 11 is 1.40. The van der Waals surface area contributed by atoms with E-state index in [4.69, 9.17) is 5.26 Å². The van der Waals surface area contributed by atoms with E-state index < -0.39 is 0 Å². The molecule has 0 fully saturated rings. The first-order chi connectivity index (χ1) is 12.5. The Hall–Kier alpha value is -2.59. The summed E-state index contributed by atoms with van der Waals surface area (Å²) in [6.45, 7) is 5.27. The lowest BCUT2D eigenvalue weighted by Gasteiger charge is -2.09. The molecule has 7 heteroatoms. The highest BCUT2D eigenvalue weighted by Crippen LogP contribution is 2.21. The lowest BCUT2D eigenvalue weighted by molar-refractivity contribution is 0.537. The molecule has 0 saturated heterocycles. The summed E-state index contributed by atoms with van der Waals surface area (Å²) in [6, 6.07) is 9.56. The highest BCUT2D eigenvalue weighted by atomic mass is 32.2. The van der Waals surface area contributed by atoms with Gasteiger partial charge in [-0.05, 0) is 44.6 Å². The van der Waals surface area contributed by atoms with Crippen LogP contribution in [0.25, 0.3) is 11.3 Å². The van der Waals surface area contributed by atoms with Crippen LogP contribution >= 0.6 is 11.8 Å². The summed E-state index contributed by atoms with van der Waals surface area (Å²) in [6.07, 6.45) is 5.34. The molecule has 0 bridgehead atoms. The lowest BCUT2D eigenvalue weighted by atomic mass is 10.0. The summed E-state index contributed by atoms with van der Waals surface area (Å²) in [7, 11) is 0. The van der Waals surface area contributed by atoms with Gasteiger partial charge in [0.15, 0.2) is 11.4 Å². The topological polar surface area (TPSA) is 83.1 Å². The number of amidine groups is 1. The van der Waals surface area contributed by atoms with Gasteiger partial charge >= 0.3 is 0 Å². The standard InChI is InChI=1S/C19H23N5OS/c1-14-6-7-16(15(2)12-14)17-8-9-18(25)24(23-17)11-5-4-10-21-19(26-3)22-13-20/h6-9,12H,4-5,10-11H2,1-3H3,(H,21,22). The predicted molar refractivity (Wildman–Crippen MR) is 107 cm³/mol. The number of nitrogens with one attached hydrogen (secondary N) is 1. The summed E-state index contributed by atoms with van der Waals surface area (Å²) in [5, 5.41) is 16.3. The maximum atomic E-state index is 12.1. The summed E-state index contributed by atoms with van der Waals surface area (Å²) in [5.41, 5.74) is 4.10. The van der Waals surface area contributed by atoms with Gasteiger partial charge < -0.3 is 0 Å². The molecule has 1 aromatic heterocycles. The minimum absolute atomic E-state index is 0.0991. The van der Waals surface area contributed by atoms with Crippen LogP contribution in [0.4, 0.5) is 0 Å². The van der Waals surface area contributed by atoms with Crippen LogP contribution in [-0.2, 0) is 6.54 Å². The number of hydrogen-bond acceptors (Lipinski definition) is 5. The van der Waals surface area contributed by atoms with Crippen molar-refractivity contribution in [2.75, 3.05) is 12.8 Å². The van der Waals surface area contributed by atoms with Crippen molar-refractivity contribution in [3.05, 3.63) is 51.8 Å². The minimum Gasteiger partial charge on any atom is -0.272 e. The second kappa shape index (κ2) is 9.78. The Balaban J connectivity index is 2.02. The second-order valence-corrected chi connectivity index (χ2v) is 6.73. The van der Waals surface area contributed by atoms with Gasteiger partial charge in [0.05, 0.1) is 5.69 Å². The van der Waals surface area contributed by atoms with Gasteiger partial charge in [-0.1, -0.05) is 35.5 Å². The molecule has 0 unspecified atom stereocenters. The smallest absolute Gasteiger partial charge is 0.266 e. The Morgan fingerprint density at radius 2 is 2.12 bits per heavy atom. The zero-order valence-corrected chi connectivity index (χ0v) is 16.1. The number of nitrogens with zero attached hydrogens (tertiary/aromatic N) is 4. The molecule has 1 N–H and O–H groups in total. The van der Waals surface area contributed by atoms with Gasteiger partial charge in [-0.25, -0.2) is 4.68 Å². The Bertz CT molecular complexity index is 882. The number of rotatable bonds is 6. The molecule has 26 heavy (non-hydrogen) atoms. The van der Waals surface area contributed by atoms with Gasteiger partial charge in [0.25, 0.3) is 5.56 Å². The number of unbranched alkanes of at least 4 members (excludes halogenated alkanes) is 1. The number of aliphatic imine (C=N–C) groups is 1. The fourth-order valence-corrected chi connectivity index (χ4v) is 2.98. The first kappa shape index (κ1) is 19.7. The molecule has 0 atom stereocenters. The van der Waals surface area contributed by atoms with E-state index in [9.17, 15) is 4.79 Å². The molecule has 0 amide bonds. The predicted octanol–water partition coefficient (Wildman–Crippen LogP) is 3.10. The van der Waals surface area contributed by atoms with Gasteiger partial charge in [0, 0.05) is 24.7 Å². The number of nitriles is 1. The fraction of sp³-hybridized carbons (Fsp3) is 0.368.